The molecule has 3 heterocycles. The van der Waals surface area contributed by atoms with Crippen molar-refractivity contribution in [2.45, 2.75) is 44.8 Å². The van der Waals surface area contributed by atoms with Gasteiger partial charge in [0.05, 0.1) is 6.04 Å². The normalized spacial score (nSPS) is 20.5. The number of rotatable bonds is 5. The van der Waals surface area contributed by atoms with Gasteiger partial charge < -0.3 is 14.4 Å². The number of nitrogens with zero attached hydrogens (tertiary/aromatic N) is 3. The number of hydrogen-bond donors (Lipinski definition) is 0. The van der Waals surface area contributed by atoms with Crippen LogP contribution < -0.4 is 9.47 Å². The molecule has 0 unspecified atom stereocenters. The summed E-state index contributed by atoms with van der Waals surface area (Å²) >= 11 is 8.08. The Morgan fingerprint density at radius 3 is 2.89 bits per heavy atom. The highest BCUT2D eigenvalue weighted by molar-refractivity contribution is 7.09. The lowest BCUT2D eigenvalue weighted by Gasteiger charge is -2.31. The van der Waals surface area contributed by atoms with Crippen LogP contribution in [0.1, 0.15) is 42.8 Å². The summed E-state index contributed by atoms with van der Waals surface area (Å²) in [7, 11) is 2.13. The number of hydrogen-bond acceptors (Lipinski definition) is 6. The molecule has 150 valence electrons. The Bertz CT molecular complexity index is 845. The van der Waals surface area contributed by atoms with Crippen LogP contribution >= 0.6 is 22.9 Å². The second kappa shape index (κ2) is 8.27. The number of carbonyl (C=O) groups is 1. The molecule has 1 amide bonds. The van der Waals surface area contributed by atoms with Crippen LogP contribution in [-0.2, 0) is 11.3 Å². The molecule has 0 N–H and O–H groups in total. The van der Waals surface area contributed by atoms with Crippen molar-refractivity contribution in [1.82, 2.24) is 14.8 Å². The predicted molar refractivity (Wildman–Crippen MR) is 109 cm³/mol. The lowest BCUT2D eigenvalue weighted by molar-refractivity contribution is -0.131. The van der Waals surface area contributed by atoms with E-state index in [0.717, 1.165) is 23.4 Å². The minimum Gasteiger partial charge on any atom is -0.454 e. The van der Waals surface area contributed by atoms with E-state index in [9.17, 15) is 4.79 Å². The molecule has 2 aliphatic heterocycles. The third kappa shape index (κ3) is 3.97. The number of halogens is 1. The third-order valence-electron chi connectivity index (χ3n) is 5.67. The zero-order valence-electron chi connectivity index (χ0n) is 16.1. The molecule has 0 bridgehead atoms. The Balaban J connectivity index is 1.43. The Morgan fingerprint density at radius 1 is 1.36 bits per heavy atom. The maximum atomic E-state index is 12.7. The highest BCUT2D eigenvalue weighted by Crippen LogP contribution is 2.37. The van der Waals surface area contributed by atoms with E-state index in [1.165, 1.54) is 0 Å². The molecule has 1 fully saturated rings. The third-order valence-corrected chi connectivity index (χ3v) is 6.97. The largest absolute Gasteiger partial charge is 0.454 e. The molecule has 1 saturated heterocycles. The minimum absolute atomic E-state index is 0.173. The molecule has 0 radical (unpaired) electrons. The fourth-order valence-corrected chi connectivity index (χ4v) is 4.77. The van der Waals surface area contributed by atoms with Crippen LogP contribution in [0.3, 0.4) is 0 Å². The molecule has 4 rings (SSSR count). The maximum absolute atomic E-state index is 12.7. The monoisotopic (exact) mass is 421 g/mol. The van der Waals surface area contributed by atoms with Gasteiger partial charge in [-0.05, 0) is 38.4 Å². The van der Waals surface area contributed by atoms with E-state index in [1.807, 2.05) is 22.5 Å². The SMILES string of the molecule is C[C@H](c1nccs1)N(C)[C@H]1CCC(=O)N(Cc2cc3c(cc2Cl)OCO3)CC1. The molecule has 0 saturated carbocycles. The van der Waals surface area contributed by atoms with Gasteiger partial charge in [0.1, 0.15) is 5.01 Å². The van der Waals surface area contributed by atoms with Gasteiger partial charge in [-0.2, -0.15) is 0 Å². The van der Waals surface area contributed by atoms with Crippen molar-refractivity contribution in [3.05, 3.63) is 39.3 Å². The highest BCUT2D eigenvalue weighted by atomic mass is 35.5. The second-order valence-electron chi connectivity index (χ2n) is 7.31. The average Bonchev–Trinajstić information content (AvgIpc) is 3.34. The number of ether oxygens (including phenoxy) is 2. The van der Waals surface area contributed by atoms with Crippen LogP contribution in [-0.4, -0.2) is 47.1 Å². The Hall–Kier alpha value is -1.83. The van der Waals surface area contributed by atoms with Crippen molar-refractivity contribution in [3.63, 3.8) is 0 Å². The van der Waals surface area contributed by atoms with Crippen LogP contribution in [0.25, 0.3) is 0 Å². The molecule has 2 aromatic rings. The first-order valence-electron chi connectivity index (χ1n) is 9.50. The van der Waals surface area contributed by atoms with E-state index >= 15 is 0 Å². The first-order chi connectivity index (χ1) is 13.5. The summed E-state index contributed by atoms with van der Waals surface area (Å²) < 4.78 is 10.8. The van der Waals surface area contributed by atoms with Gasteiger partial charge in [-0.3, -0.25) is 9.69 Å². The molecule has 2 aliphatic rings. The van der Waals surface area contributed by atoms with Crippen molar-refractivity contribution >= 4 is 28.8 Å². The van der Waals surface area contributed by atoms with Crippen molar-refractivity contribution < 1.29 is 14.3 Å². The van der Waals surface area contributed by atoms with Crippen LogP contribution in [0.4, 0.5) is 0 Å². The summed E-state index contributed by atoms with van der Waals surface area (Å²) in [6, 6.07) is 4.25. The number of benzene rings is 1. The van der Waals surface area contributed by atoms with Crippen molar-refractivity contribution in [1.29, 1.82) is 0 Å². The van der Waals surface area contributed by atoms with Gasteiger partial charge in [0, 0.05) is 48.2 Å². The van der Waals surface area contributed by atoms with Gasteiger partial charge in [-0.15, -0.1) is 11.3 Å². The zero-order valence-corrected chi connectivity index (χ0v) is 17.6. The van der Waals surface area contributed by atoms with E-state index in [-0.39, 0.29) is 18.7 Å². The zero-order chi connectivity index (χ0) is 19.7. The number of fused-ring (bicyclic) bond motifs is 1. The molecule has 6 nitrogen and oxygen atoms in total. The van der Waals surface area contributed by atoms with Crippen molar-refractivity contribution in [2.24, 2.45) is 0 Å². The standard InChI is InChI=1S/C20H24ClN3O3S/c1-13(20-22-6-8-28-20)23(2)15-3-4-19(25)24(7-5-15)11-14-9-17-18(10-16(14)21)27-12-26-17/h6,8-10,13,15H,3-5,7,11-12H2,1-2H3/t13-,15+/m1/s1. The molecule has 2 atom stereocenters. The van der Waals surface area contributed by atoms with Crippen molar-refractivity contribution in [2.75, 3.05) is 20.4 Å². The molecule has 28 heavy (non-hydrogen) atoms. The van der Waals surface area contributed by atoms with E-state index < -0.39 is 0 Å². The van der Waals surface area contributed by atoms with Crippen molar-refractivity contribution in [3.8, 4) is 11.5 Å². The van der Waals surface area contributed by atoms with Crippen LogP contribution in [0.15, 0.2) is 23.7 Å². The minimum atomic E-state index is 0.173. The topological polar surface area (TPSA) is 54.9 Å². The Morgan fingerprint density at radius 2 is 2.14 bits per heavy atom. The van der Waals surface area contributed by atoms with Gasteiger partial charge in [0.2, 0.25) is 12.7 Å². The van der Waals surface area contributed by atoms with E-state index in [2.05, 4.69) is 23.9 Å². The Kier molecular flexibility index (Phi) is 5.75. The van der Waals surface area contributed by atoms with Gasteiger partial charge in [-0.1, -0.05) is 11.6 Å². The molecule has 1 aromatic carbocycles. The summed E-state index contributed by atoms with van der Waals surface area (Å²) in [5, 5.41) is 3.72. The van der Waals surface area contributed by atoms with E-state index in [0.29, 0.717) is 42.1 Å². The highest BCUT2D eigenvalue weighted by Gasteiger charge is 2.29. The molecular weight excluding hydrogens is 398 g/mol. The molecule has 1 aromatic heterocycles. The average molecular weight is 422 g/mol. The summed E-state index contributed by atoms with van der Waals surface area (Å²) in [6.07, 6.45) is 4.18. The van der Waals surface area contributed by atoms with Crippen LogP contribution in [0.2, 0.25) is 5.02 Å². The molecule has 0 spiro atoms. The van der Waals surface area contributed by atoms with E-state index in [1.54, 1.807) is 17.4 Å². The van der Waals surface area contributed by atoms with Crippen LogP contribution in [0, 0.1) is 0 Å². The number of aromatic nitrogens is 1. The molecular formula is C20H24ClN3O3S. The molecule has 8 heteroatoms. The lowest BCUT2D eigenvalue weighted by Crippen LogP contribution is -2.35. The maximum Gasteiger partial charge on any atom is 0.231 e. The quantitative estimate of drug-likeness (QED) is 0.727. The number of thiazole rings is 1. The van der Waals surface area contributed by atoms with Gasteiger partial charge >= 0.3 is 0 Å². The van der Waals surface area contributed by atoms with Crippen LogP contribution in [0.5, 0.6) is 11.5 Å². The van der Waals surface area contributed by atoms with E-state index in [4.69, 9.17) is 21.1 Å². The van der Waals surface area contributed by atoms with Gasteiger partial charge in [0.25, 0.3) is 0 Å². The first-order valence-corrected chi connectivity index (χ1v) is 10.8. The number of likely N-dealkylation sites (tertiary alicyclic amines) is 1. The van der Waals surface area contributed by atoms with Gasteiger partial charge in [0.15, 0.2) is 11.5 Å². The predicted octanol–water partition coefficient (Wildman–Crippen LogP) is 4.10. The van der Waals surface area contributed by atoms with Gasteiger partial charge in [-0.25, -0.2) is 4.98 Å². The summed E-state index contributed by atoms with van der Waals surface area (Å²) in [5.74, 6) is 1.52. The smallest absolute Gasteiger partial charge is 0.231 e. The summed E-state index contributed by atoms with van der Waals surface area (Å²) in [6.45, 7) is 3.59. The first kappa shape index (κ1) is 19.5. The number of amides is 1. The number of carbonyl (C=O) groups excluding carboxylic acids is 1. The Labute approximate surface area is 174 Å². The fraction of sp³-hybridized carbons (Fsp3) is 0.500. The molecule has 0 aliphatic carbocycles. The summed E-state index contributed by atoms with van der Waals surface area (Å²) in [5.41, 5.74) is 0.891. The lowest BCUT2D eigenvalue weighted by atomic mass is 10.1. The summed E-state index contributed by atoms with van der Waals surface area (Å²) in [4.78, 5) is 21.4. The fourth-order valence-electron chi connectivity index (χ4n) is 3.81. The second-order valence-corrected chi connectivity index (χ2v) is 8.64.